The number of hydrazone groups is 1. The van der Waals surface area contributed by atoms with Crippen LogP contribution < -0.4 is 14.9 Å². The number of hydrogen-bond donors (Lipinski definition) is 1. The fourth-order valence-corrected chi connectivity index (χ4v) is 3.03. The van der Waals surface area contributed by atoms with Gasteiger partial charge in [-0.15, -0.1) is 0 Å². The summed E-state index contributed by atoms with van der Waals surface area (Å²) in [5, 5.41) is 4.01. The van der Waals surface area contributed by atoms with E-state index in [1.807, 2.05) is 44.2 Å². The molecule has 2 aromatic rings. The summed E-state index contributed by atoms with van der Waals surface area (Å²) in [6.45, 7) is 8.11. The molecule has 0 saturated heterocycles. The predicted octanol–water partition coefficient (Wildman–Crippen LogP) is 4.73. The number of carbonyl (C=O) groups excluding carboxylic acids is 1. The number of carbonyl (C=O) groups is 1. The average molecular weight is 433 g/mol. The first-order chi connectivity index (χ1) is 12.8. The minimum absolute atomic E-state index is 0.114. The maximum atomic E-state index is 12.0. The van der Waals surface area contributed by atoms with Crippen molar-refractivity contribution in [2.24, 2.45) is 5.10 Å². The van der Waals surface area contributed by atoms with Crippen LogP contribution in [0.15, 0.2) is 39.9 Å². The monoisotopic (exact) mass is 432 g/mol. The Hall–Kier alpha value is -2.34. The number of halogens is 1. The van der Waals surface area contributed by atoms with E-state index >= 15 is 0 Å². The lowest BCUT2D eigenvalue weighted by atomic mass is 10.0. The molecular formula is C21H25BrN2O3. The third-order valence-corrected chi connectivity index (χ3v) is 4.99. The molecule has 0 aliphatic rings. The van der Waals surface area contributed by atoms with Gasteiger partial charge in [-0.2, -0.15) is 5.10 Å². The fraction of sp³-hybridized carbons (Fsp3) is 0.333. The van der Waals surface area contributed by atoms with Crippen LogP contribution >= 0.6 is 15.9 Å². The topological polar surface area (TPSA) is 59.9 Å². The van der Waals surface area contributed by atoms with Crippen molar-refractivity contribution in [3.05, 3.63) is 57.1 Å². The van der Waals surface area contributed by atoms with Gasteiger partial charge in [-0.25, -0.2) is 5.43 Å². The van der Waals surface area contributed by atoms with Gasteiger partial charge >= 0.3 is 0 Å². The van der Waals surface area contributed by atoms with Crippen molar-refractivity contribution in [3.63, 3.8) is 0 Å². The molecule has 27 heavy (non-hydrogen) atoms. The molecule has 1 N–H and O–H groups in total. The van der Waals surface area contributed by atoms with Gasteiger partial charge in [-0.3, -0.25) is 4.79 Å². The van der Waals surface area contributed by atoms with E-state index in [0.717, 1.165) is 26.9 Å². The van der Waals surface area contributed by atoms with Crippen LogP contribution in [-0.2, 0) is 4.79 Å². The highest BCUT2D eigenvalue weighted by atomic mass is 79.9. The molecule has 0 aliphatic heterocycles. The zero-order valence-electron chi connectivity index (χ0n) is 16.3. The van der Waals surface area contributed by atoms with Gasteiger partial charge in [0.25, 0.3) is 5.91 Å². The second-order valence-electron chi connectivity index (χ2n) is 6.53. The van der Waals surface area contributed by atoms with Crippen molar-refractivity contribution in [2.45, 2.75) is 33.6 Å². The summed E-state index contributed by atoms with van der Waals surface area (Å²) >= 11 is 3.48. The maximum Gasteiger partial charge on any atom is 0.277 e. The lowest BCUT2D eigenvalue weighted by Gasteiger charge is -2.11. The van der Waals surface area contributed by atoms with Crippen LogP contribution in [0.4, 0.5) is 0 Å². The Balaban J connectivity index is 1.91. The van der Waals surface area contributed by atoms with E-state index in [1.165, 1.54) is 5.56 Å². The van der Waals surface area contributed by atoms with Crippen molar-refractivity contribution in [1.82, 2.24) is 5.43 Å². The molecule has 0 unspecified atom stereocenters. The summed E-state index contributed by atoms with van der Waals surface area (Å²) < 4.78 is 11.7. The summed E-state index contributed by atoms with van der Waals surface area (Å²) in [5.41, 5.74) is 6.71. The lowest BCUT2D eigenvalue weighted by Crippen LogP contribution is -2.24. The van der Waals surface area contributed by atoms with Crippen LogP contribution in [0, 0.1) is 13.8 Å². The Labute approximate surface area is 168 Å². The summed E-state index contributed by atoms with van der Waals surface area (Å²) in [6.07, 6.45) is 1.62. The minimum atomic E-state index is -0.325. The molecule has 0 saturated carbocycles. The Bertz CT molecular complexity index is 848. The van der Waals surface area contributed by atoms with Gasteiger partial charge in [0.1, 0.15) is 11.5 Å². The van der Waals surface area contributed by atoms with Gasteiger partial charge in [-0.05, 0) is 82.2 Å². The van der Waals surface area contributed by atoms with Gasteiger partial charge in [0.05, 0.1) is 17.8 Å². The summed E-state index contributed by atoms with van der Waals surface area (Å²) in [5.74, 6) is 1.56. The molecule has 0 fully saturated rings. The van der Waals surface area contributed by atoms with E-state index in [4.69, 9.17) is 9.47 Å². The minimum Gasteiger partial charge on any atom is -0.496 e. The van der Waals surface area contributed by atoms with Gasteiger partial charge < -0.3 is 9.47 Å². The molecule has 0 radical (unpaired) electrons. The number of rotatable bonds is 7. The first-order valence-corrected chi connectivity index (χ1v) is 9.51. The molecule has 2 aromatic carbocycles. The third kappa shape index (κ3) is 5.57. The Morgan fingerprint density at radius 1 is 1.19 bits per heavy atom. The first-order valence-electron chi connectivity index (χ1n) is 8.71. The molecule has 0 heterocycles. The Morgan fingerprint density at radius 2 is 1.89 bits per heavy atom. The van der Waals surface area contributed by atoms with Crippen molar-refractivity contribution in [3.8, 4) is 11.5 Å². The Morgan fingerprint density at radius 3 is 2.52 bits per heavy atom. The van der Waals surface area contributed by atoms with E-state index in [9.17, 15) is 4.79 Å². The van der Waals surface area contributed by atoms with Crippen molar-refractivity contribution in [2.75, 3.05) is 13.7 Å². The number of hydrogen-bond acceptors (Lipinski definition) is 4. The van der Waals surface area contributed by atoms with Crippen LogP contribution in [0.3, 0.4) is 0 Å². The fourth-order valence-electron chi connectivity index (χ4n) is 2.52. The van der Waals surface area contributed by atoms with E-state index in [2.05, 4.69) is 40.3 Å². The second kappa shape index (κ2) is 9.55. The largest absolute Gasteiger partial charge is 0.496 e. The molecule has 0 spiro atoms. The normalized spacial score (nSPS) is 11.1. The summed E-state index contributed by atoms with van der Waals surface area (Å²) in [7, 11) is 1.64. The molecule has 5 nitrogen and oxygen atoms in total. The molecule has 0 aromatic heterocycles. The number of ether oxygens (including phenoxy) is 2. The first kappa shape index (κ1) is 21.0. The summed E-state index contributed by atoms with van der Waals surface area (Å²) in [6, 6.07) is 9.65. The number of nitrogens with one attached hydrogen (secondary N) is 1. The molecule has 6 heteroatoms. The maximum absolute atomic E-state index is 12.0. The van der Waals surface area contributed by atoms with E-state index in [-0.39, 0.29) is 12.5 Å². The molecular weight excluding hydrogens is 408 g/mol. The van der Waals surface area contributed by atoms with Gasteiger partial charge in [0, 0.05) is 0 Å². The highest BCUT2D eigenvalue weighted by Gasteiger charge is 2.08. The van der Waals surface area contributed by atoms with E-state index in [1.54, 1.807) is 13.3 Å². The predicted molar refractivity (Wildman–Crippen MR) is 112 cm³/mol. The standard InChI is InChI=1S/C21H25BrN2O3/c1-13(2)16-6-9-20(18(22)10-16)27-12-21(25)24-23-11-17-7-8-19(26-5)15(4)14(17)3/h6-11,13H,12H2,1-5H3,(H,24,25). The van der Waals surface area contributed by atoms with Crippen LogP contribution in [0.5, 0.6) is 11.5 Å². The molecule has 144 valence electrons. The zero-order valence-corrected chi connectivity index (χ0v) is 17.9. The van der Waals surface area contributed by atoms with Crippen LogP contribution in [-0.4, -0.2) is 25.8 Å². The molecule has 1 amide bonds. The average Bonchev–Trinajstić information content (AvgIpc) is 2.64. The third-order valence-electron chi connectivity index (χ3n) is 4.37. The highest BCUT2D eigenvalue weighted by molar-refractivity contribution is 9.10. The number of amides is 1. The van der Waals surface area contributed by atoms with Crippen LogP contribution in [0.2, 0.25) is 0 Å². The number of methoxy groups -OCH3 is 1. The highest BCUT2D eigenvalue weighted by Crippen LogP contribution is 2.28. The number of benzene rings is 2. The second-order valence-corrected chi connectivity index (χ2v) is 7.39. The van der Waals surface area contributed by atoms with Crippen LogP contribution in [0.1, 0.15) is 42.0 Å². The van der Waals surface area contributed by atoms with E-state index < -0.39 is 0 Å². The van der Waals surface area contributed by atoms with Gasteiger partial charge in [0.2, 0.25) is 0 Å². The smallest absolute Gasteiger partial charge is 0.277 e. The molecule has 0 aliphatic carbocycles. The van der Waals surface area contributed by atoms with Gasteiger partial charge in [0.15, 0.2) is 6.61 Å². The summed E-state index contributed by atoms with van der Waals surface area (Å²) in [4.78, 5) is 12.0. The van der Waals surface area contributed by atoms with Crippen molar-refractivity contribution in [1.29, 1.82) is 0 Å². The molecule has 0 bridgehead atoms. The van der Waals surface area contributed by atoms with Gasteiger partial charge in [-0.1, -0.05) is 19.9 Å². The zero-order chi connectivity index (χ0) is 20.0. The Kier molecular flexibility index (Phi) is 7.42. The number of nitrogens with zero attached hydrogens (tertiary/aromatic N) is 1. The molecule has 2 rings (SSSR count). The molecule has 0 atom stereocenters. The SMILES string of the molecule is COc1ccc(C=NNC(=O)COc2ccc(C(C)C)cc2Br)c(C)c1C. The van der Waals surface area contributed by atoms with Crippen molar-refractivity contribution >= 4 is 28.1 Å². The quantitative estimate of drug-likeness (QED) is 0.508. The lowest BCUT2D eigenvalue weighted by molar-refractivity contribution is -0.123. The van der Waals surface area contributed by atoms with E-state index in [0.29, 0.717) is 11.7 Å². The van der Waals surface area contributed by atoms with Crippen LogP contribution in [0.25, 0.3) is 0 Å². The van der Waals surface area contributed by atoms with Crippen molar-refractivity contribution < 1.29 is 14.3 Å².